The van der Waals surface area contributed by atoms with E-state index in [1.54, 1.807) is 4.90 Å². The van der Waals surface area contributed by atoms with E-state index in [1.807, 2.05) is 0 Å². The first-order valence-corrected chi connectivity index (χ1v) is 10.9. The molecule has 0 aromatic heterocycles. The minimum absolute atomic E-state index is 0.0670. The van der Waals surface area contributed by atoms with Crippen LogP contribution in [0, 0.1) is 19.7 Å². The molecule has 0 saturated carbocycles. The topological polar surface area (TPSA) is 81.8 Å². The van der Waals surface area contributed by atoms with Crippen LogP contribution in [0.2, 0.25) is 0 Å². The number of hydrogen-bond acceptors (Lipinski definition) is 5. The normalized spacial score (nSPS) is 20.7. The number of fused-ring (bicyclic) bond motifs is 1. The summed E-state index contributed by atoms with van der Waals surface area (Å²) in [7, 11) is -3.89. The SMILES string of the molecule is Cc1ccc(N2CCN(C(=O)C3Nc4cc(F)ccc4S(=O)(=O)N3)CC2)c(C)c1. The molecular formula is C20H23FN4O3S. The molecule has 0 spiro atoms. The second-order valence-electron chi connectivity index (χ2n) is 7.44. The van der Waals surface area contributed by atoms with Gasteiger partial charge in [-0.2, -0.15) is 4.72 Å². The molecular weight excluding hydrogens is 395 g/mol. The fraction of sp³-hybridized carbons (Fsp3) is 0.350. The van der Waals surface area contributed by atoms with Crippen molar-refractivity contribution in [2.45, 2.75) is 24.9 Å². The lowest BCUT2D eigenvalue weighted by Crippen LogP contribution is -2.58. The molecule has 0 radical (unpaired) electrons. The van der Waals surface area contributed by atoms with Gasteiger partial charge in [0.2, 0.25) is 10.0 Å². The van der Waals surface area contributed by atoms with Crippen molar-refractivity contribution in [1.29, 1.82) is 0 Å². The van der Waals surface area contributed by atoms with E-state index in [2.05, 4.69) is 47.0 Å². The van der Waals surface area contributed by atoms with Gasteiger partial charge in [0.25, 0.3) is 5.91 Å². The lowest BCUT2D eigenvalue weighted by Gasteiger charge is -2.39. The van der Waals surface area contributed by atoms with Crippen molar-refractivity contribution in [3.63, 3.8) is 0 Å². The third kappa shape index (κ3) is 3.79. The molecule has 0 aliphatic carbocycles. The number of benzene rings is 2. The van der Waals surface area contributed by atoms with Crippen LogP contribution in [0.5, 0.6) is 0 Å². The number of nitrogens with one attached hydrogen (secondary N) is 2. The molecule has 1 unspecified atom stereocenters. The van der Waals surface area contributed by atoms with Gasteiger partial charge in [-0.15, -0.1) is 0 Å². The molecule has 4 rings (SSSR count). The Hall–Kier alpha value is -2.65. The minimum atomic E-state index is -3.89. The van der Waals surface area contributed by atoms with Gasteiger partial charge in [0.15, 0.2) is 6.17 Å². The first-order valence-electron chi connectivity index (χ1n) is 9.44. The minimum Gasteiger partial charge on any atom is -0.368 e. The molecule has 0 bridgehead atoms. The van der Waals surface area contributed by atoms with E-state index < -0.39 is 22.0 Å². The average molecular weight is 418 g/mol. The van der Waals surface area contributed by atoms with Crippen molar-refractivity contribution in [1.82, 2.24) is 9.62 Å². The number of aryl methyl sites for hydroxylation is 2. The van der Waals surface area contributed by atoms with Crippen LogP contribution in [0.1, 0.15) is 11.1 Å². The van der Waals surface area contributed by atoms with Crippen LogP contribution in [0.25, 0.3) is 0 Å². The summed E-state index contributed by atoms with van der Waals surface area (Å²) >= 11 is 0. The highest BCUT2D eigenvalue weighted by molar-refractivity contribution is 7.89. The predicted molar refractivity (Wildman–Crippen MR) is 109 cm³/mol. The number of amides is 1. The van der Waals surface area contributed by atoms with Crippen LogP contribution >= 0.6 is 0 Å². The van der Waals surface area contributed by atoms with Crippen molar-refractivity contribution in [3.8, 4) is 0 Å². The summed E-state index contributed by atoms with van der Waals surface area (Å²) in [6.45, 7) is 6.37. The number of halogens is 1. The van der Waals surface area contributed by atoms with Crippen molar-refractivity contribution < 1.29 is 17.6 Å². The standard InChI is InChI=1S/C20H23FN4O3S/c1-13-3-5-17(14(2)11-13)24-7-9-25(10-8-24)20(26)19-22-16-12-15(21)4-6-18(16)29(27,28)23-19/h3-6,11-12,19,22-23H,7-10H2,1-2H3. The summed E-state index contributed by atoms with van der Waals surface area (Å²) in [5.41, 5.74) is 3.62. The molecule has 2 N–H and O–H groups in total. The molecule has 2 aliphatic rings. The van der Waals surface area contributed by atoms with Gasteiger partial charge in [0.1, 0.15) is 10.7 Å². The maximum Gasteiger partial charge on any atom is 0.261 e. The quantitative estimate of drug-likeness (QED) is 0.778. The summed E-state index contributed by atoms with van der Waals surface area (Å²) in [5.74, 6) is -0.939. The third-order valence-corrected chi connectivity index (χ3v) is 6.82. The summed E-state index contributed by atoms with van der Waals surface area (Å²) in [6, 6.07) is 9.63. The highest BCUT2D eigenvalue weighted by Crippen LogP contribution is 2.28. The highest BCUT2D eigenvalue weighted by Gasteiger charge is 2.36. The zero-order valence-corrected chi connectivity index (χ0v) is 17.1. The van der Waals surface area contributed by atoms with Gasteiger partial charge in [-0.25, -0.2) is 12.8 Å². The Bertz CT molecular complexity index is 1070. The van der Waals surface area contributed by atoms with E-state index in [4.69, 9.17) is 0 Å². The zero-order chi connectivity index (χ0) is 20.8. The Labute approximate surface area is 169 Å². The molecule has 2 aliphatic heterocycles. The van der Waals surface area contributed by atoms with Gasteiger partial charge in [0, 0.05) is 31.9 Å². The van der Waals surface area contributed by atoms with Crippen LogP contribution in [-0.2, 0) is 14.8 Å². The van der Waals surface area contributed by atoms with E-state index in [0.29, 0.717) is 26.2 Å². The number of carbonyl (C=O) groups is 1. The number of anilines is 2. The van der Waals surface area contributed by atoms with Crippen LogP contribution in [0.4, 0.5) is 15.8 Å². The molecule has 154 valence electrons. The number of piperazine rings is 1. The largest absolute Gasteiger partial charge is 0.368 e. The molecule has 9 heteroatoms. The predicted octanol–water partition coefficient (Wildman–Crippen LogP) is 1.82. The Morgan fingerprint density at radius 2 is 1.79 bits per heavy atom. The van der Waals surface area contributed by atoms with Gasteiger partial charge in [-0.05, 0) is 43.7 Å². The zero-order valence-electron chi connectivity index (χ0n) is 16.3. The molecule has 1 fully saturated rings. The van der Waals surface area contributed by atoms with E-state index in [0.717, 1.165) is 17.8 Å². The van der Waals surface area contributed by atoms with Gasteiger partial charge >= 0.3 is 0 Å². The maximum atomic E-state index is 13.5. The molecule has 1 saturated heterocycles. The van der Waals surface area contributed by atoms with E-state index in [9.17, 15) is 17.6 Å². The lowest BCUT2D eigenvalue weighted by atomic mass is 10.1. The first-order chi connectivity index (χ1) is 13.7. The van der Waals surface area contributed by atoms with Gasteiger partial charge in [0.05, 0.1) is 5.69 Å². The lowest BCUT2D eigenvalue weighted by molar-refractivity contribution is -0.132. The Morgan fingerprint density at radius 3 is 2.48 bits per heavy atom. The molecule has 29 heavy (non-hydrogen) atoms. The molecule has 7 nitrogen and oxygen atoms in total. The summed E-state index contributed by atoms with van der Waals surface area (Å²) < 4.78 is 40.8. The van der Waals surface area contributed by atoms with Gasteiger partial charge in [-0.1, -0.05) is 17.7 Å². The Morgan fingerprint density at radius 1 is 1.07 bits per heavy atom. The van der Waals surface area contributed by atoms with E-state index in [-0.39, 0.29) is 16.5 Å². The molecule has 1 amide bonds. The number of nitrogens with zero attached hydrogens (tertiary/aromatic N) is 2. The fourth-order valence-electron chi connectivity index (χ4n) is 3.88. The molecule has 2 aromatic carbocycles. The second kappa shape index (κ2) is 7.31. The van der Waals surface area contributed by atoms with Crippen molar-refractivity contribution >= 4 is 27.3 Å². The van der Waals surface area contributed by atoms with Crippen LogP contribution in [0.15, 0.2) is 41.3 Å². The van der Waals surface area contributed by atoms with Crippen LogP contribution < -0.4 is 14.9 Å². The summed E-state index contributed by atoms with van der Waals surface area (Å²) in [4.78, 5) is 16.7. The van der Waals surface area contributed by atoms with Gasteiger partial charge < -0.3 is 15.1 Å². The van der Waals surface area contributed by atoms with Gasteiger partial charge in [-0.3, -0.25) is 4.79 Å². The summed E-state index contributed by atoms with van der Waals surface area (Å²) in [5, 5.41) is 2.81. The number of hydrogen-bond donors (Lipinski definition) is 2. The first kappa shape index (κ1) is 19.7. The third-order valence-electron chi connectivity index (χ3n) is 5.34. The average Bonchev–Trinajstić information content (AvgIpc) is 2.66. The fourth-order valence-corrected chi connectivity index (χ4v) is 5.13. The monoisotopic (exact) mass is 418 g/mol. The van der Waals surface area contributed by atoms with Crippen LogP contribution in [-0.4, -0.2) is 51.6 Å². The Balaban J connectivity index is 1.46. The number of sulfonamides is 1. The maximum absolute atomic E-state index is 13.5. The molecule has 2 heterocycles. The van der Waals surface area contributed by atoms with Crippen molar-refractivity contribution in [3.05, 3.63) is 53.3 Å². The Kier molecular flexibility index (Phi) is 4.95. The highest BCUT2D eigenvalue weighted by atomic mass is 32.2. The van der Waals surface area contributed by atoms with E-state index >= 15 is 0 Å². The molecule has 2 aromatic rings. The van der Waals surface area contributed by atoms with E-state index in [1.165, 1.54) is 17.2 Å². The van der Waals surface area contributed by atoms with Crippen LogP contribution in [0.3, 0.4) is 0 Å². The van der Waals surface area contributed by atoms with Crippen molar-refractivity contribution in [2.75, 3.05) is 36.4 Å². The number of carbonyl (C=O) groups excluding carboxylic acids is 1. The second-order valence-corrected chi connectivity index (χ2v) is 9.12. The number of rotatable bonds is 2. The van der Waals surface area contributed by atoms with Crippen molar-refractivity contribution in [2.24, 2.45) is 0 Å². The molecule has 1 atom stereocenters. The smallest absolute Gasteiger partial charge is 0.261 e. The summed E-state index contributed by atoms with van der Waals surface area (Å²) in [6.07, 6.45) is -1.15.